The third-order valence-corrected chi connectivity index (χ3v) is 5.01. The molecule has 1 unspecified atom stereocenters. The van der Waals surface area contributed by atoms with E-state index in [9.17, 15) is 5.11 Å². The Kier molecular flexibility index (Phi) is 5.04. The highest BCUT2D eigenvalue weighted by Crippen LogP contribution is 2.36. The second-order valence-electron chi connectivity index (χ2n) is 7.31. The summed E-state index contributed by atoms with van der Waals surface area (Å²) in [5.74, 6) is 0.942. The molecule has 4 aromatic rings. The van der Waals surface area contributed by atoms with E-state index in [0.29, 0.717) is 5.52 Å². The molecular weight excluding hydrogens is 360 g/mol. The summed E-state index contributed by atoms with van der Waals surface area (Å²) in [6, 6.07) is 21.6. The summed E-state index contributed by atoms with van der Waals surface area (Å²) in [4.78, 5) is 11.0. The van der Waals surface area contributed by atoms with Crippen LogP contribution in [0.1, 0.15) is 22.9 Å². The Bertz CT molecular complexity index is 1140. The highest BCUT2D eigenvalue weighted by molar-refractivity contribution is 5.86. The molecule has 2 aromatic heterocycles. The zero-order chi connectivity index (χ0) is 20.4. The van der Waals surface area contributed by atoms with Gasteiger partial charge in [0.15, 0.2) is 0 Å². The topological polar surface area (TPSA) is 61.3 Å². The minimum Gasteiger partial charge on any atom is -0.505 e. The van der Waals surface area contributed by atoms with Crippen LogP contribution in [-0.2, 0) is 0 Å². The van der Waals surface area contributed by atoms with E-state index in [1.165, 1.54) is 0 Å². The van der Waals surface area contributed by atoms with E-state index < -0.39 is 0 Å². The van der Waals surface area contributed by atoms with Crippen molar-refractivity contribution in [3.05, 3.63) is 89.7 Å². The number of rotatable bonds is 5. The molecule has 0 saturated carbocycles. The zero-order valence-corrected chi connectivity index (χ0v) is 16.8. The third kappa shape index (κ3) is 3.85. The van der Waals surface area contributed by atoms with Gasteiger partial charge in [0.05, 0.1) is 6.04 Å². The van der Waals surface area contributed by atoms with Gasteiger partial charge in [0.1, 0.15) is 17.1 Å². The van der Waals surface area contributed by atoms with Crippen LogP contribution in [0.4, 0.5) is 11.5 Å². The summed E-state index contributed by atoms with van der Waals surface area (Å²) in [5.41, 5.74) is 4.44. The fraction of sp³-hybridized carbons (Fsp3) is 0.167. The molecule has 1 atom stereocenters. The first-order valence-corrected chi connectivity index (χ1v) is 9.57. The Hall–Kier alpha value is -3.60. The average molecular weight is 384 g/mol. The summed E-state index contributed by atoms with van der Waals surface area (Å²) < 4.78 is 0. The molecule has 0 radical (unpaired) electrons. The Morgan fingerprint density at radius 2 is 1.72 bits per heavy atom. The number of aryl methyl sites for hydroxylation is 1. The van der Waals surface area contributed by atoms with Crippen molar-refractivity contribution in [2.45, 2.75) is 13.0 Å². The van der Waals surface area contributed by atoms with Crippen LogP contribution >= 0.6 is 0 Å². The molecule has 2 N–H and O–H groups in total. The fourth-order valence-electron chi connectivity index (χ4n) is 3.46. The van der Waals surface area contributed by atoms with Crippen molar-refractivity contribution < 1.29 is 5.11 Å². The van der Waals surface area contributed by atoms with Crippen LogP contribution in [0.3, 0.4) is 0 Å². The van der Waals surface area contributed by atoms with E-state index in [1.807, 2.05) is 63.5 Å². The molecule has 0 bridgehead atoms. The highest BCUT2D eigenvalue weighted by atomic mass is 16.3. The first-order chi connectivity index (χ1) is 14.0. The van der Waals surface area contributed by atoms with Gasteiger partial charge in [-0.1, -0.05) is 36.4 Å². The van der Waals surface area contributed by atoms with E-state index in [4.69, 9.17) is 0 Å². The largest absolute Gasteiger partial charge is 0.505 e. The molecular formula is C24H24N4O. The first-order valence-electron chi connectivity index (χ1n) is 9.57. The number of aromatic nitrogens is 2. The maximum atomic E-state index is 11.0. The quantitative estimate of drug-likeness (QED) is 0.512. The molecule has 0 aliphatic heterocycles. The third-order valence-electron chi connectivity index (χ3n) is 5.01. The van der Waals surface area contributed by atoms with Gasteiger partial charge in [0, 0.05) is 42.6 Å². The fourth-order valence-corrected chi connectivity index (χ4v) is 3.46. The number of phenols is 1. The molecule has 0 amide bonds. The van der Waals surface area contributed by atoms with Gasteiger partial charge in [-0.05, 0) is 42.8 Å². The van der Waals surface area contributed by atoms with Gasteiger partial charge in [-0.2, -0.15) is 0 Å². The predicted molar refractivity (Wildman–Crippen MR) is 119 cm³/mol. The van der Waals surface area contributed by atoms with Crippen molar-refractivity contribution in [3.63, 3.8) is 0 Å². The Morgan fingerprint density at radius 1 is 0.931 bits per heavy atom. The molecule has 2 aromatic carbocycles. The summed E-state index contributed by atoms with van der Waals surface area (Å²) in [6.45, 7) is 1.96. The molecule has 0 saturated heterocycles. The number of hydrogen-bond acceptors (Lipinski definition) is 5. The van der Waals surface area contributed by atoms with Crippen molar-refractivity contribution in [2.75, 3.05) is 24.3 Å². The molecule has 0 aliphatic rings. The van der Waals surface area contributed by atoms with Crippen LogP contribution in [0.15, 0.2) is 72.9 Å². The van der Waals surface area contributed by atoms with E-state index in [-0.39, 0.29) is 11.8 Å². The lowest BCUT2D eigenvalue weighted by Gasteiger charge is -2.23. The standard InChI is InChI=1S/C24H24N4O/c1-16-6-4-8-21(26-16)27-22(18-9-12-19(13-10-18)28(2)3)20-14-11-17-7-5-15-25-23(17)24(20)29/h4-15,22,29H,1-3H3,(H,26,27). The molecule has 0 aliphatic carbocycles. The van der Waals surface area contributed by atoms with Crippen LogP contribution < -0.4 is 10.2 Å². The number of nitrogens with one attached hydrogen (secondary N) is 1. The van der Waals surface area contributed by atoms with Gasteiger partial charge in [-0.25, -0.2) is 4.98 Å². The van der Waals surface area contributed by atoms with Crippen molar-refractivity contribution in [1.82, 2.24) is 9.97 Å². The van der Waals surface area contributed by atoms with E-state index >= 15 is 0 Å². The Labute approximate surface area is 170 Å². The van der Waals surface area contributed by atoms with Crippen LogP contribution in [-0.4, -0.2) is 29.2 Å². The molecule has 0 spiro atoms. The van der Waals surface area contributed by atoms with Gasteiger partial charge in [-0.15, -0.1) is 0 Å². The number of aromatic hydroxyl groups is 1. The van der Waals surface area contributed by atoms with Gasteiger partial charge < -0.3 is 15.3 Å². The lowest BCUT2D eigenvalue weighted by molar-refractivity contribution is 0.471. The van der Waals surface area contributed by atoms with E-state index in [0.717, 1.165) is 33.7 Å². The number of hydrogen-bond donors (Lipinski definition) is 2. The molecule has 29 heavy (non-hydrogen) atoms. The van der Waals surface area contributed by atoms with Crippen LogP contribution in [0, 0.1) is 6.92 Å². The Balaban J connectivity index is 1.82. The number of phenolic OH excluding ortho intramolecular Hbond substituents is 1. The highest BCUT2D eigenvalue weighted by Gasteiger charge is 2.20. The van der Waals surface area contributed by atoms with Crippen LogP contribution in [0.2, 0.25) is 0 Å². The smallest absolute Gasteiger partial charge is 0.147 e. The van der Waals surface area contributed by atoms with Crippen molar-refractivity contribution in [1.29, 1.82) is 0 Å². The second kappa shape index (κ2) is 7.80. The molecule has 4 rings (SSSR count). The summed E-state index contributed by atoms with van der Waals surface area (Å²) in [6.07, 6.45) is 1.70. The van der Waals surface area contributed by atoms with Crippen molar-refractivity contribution in [2.24, 2.45) is 0 Å². The van der Waals surface area contributed by atoms with Crippen LogP contribution in [0.5, 0.6) is 5.75 Å². The second-order valence-corrected chi connectivity index (χ2v) is 7.31. The van der Waals surface area contributed by atoms with E-state index in [1.54, 1.807) is 6.20 Å². The monoisotopic (exact) mass is 384 g/mol. The minimum atomic E-state index is -0.271. The van der Waals surface area contributed by atoms with Gasteiger partial charge in [-0.3, -0.25) is 4.98 Å². The van der Waals surface area contributed by atoms with Gasteiger partial charge in [0.2, 0.25) is 0 Å². The van der Waals surface area contributed by atoms with Crippen molar-refractivity contribution >= 4 is 22.4 Å². The summed E-state index contributed by atoms with van der Waals surface area (Å²) in [7, 11) is 4.03. The average Bonchev–Trinajstić information content (AvgIpc) is 2.73. The zero-order valence-electron chi connectivity index (χ0n) is 16.8. The number of fused-ring (bicyclic) bond motifs is 1. The maximum absolute atomic E-state index is 11.0. The molecule has 146 valence electrons. The lowest BCUT2D eigenvalue weighted by Crippen LogP contribution is -2.15. The van der Waals surface area contributed by atoms with Crippen LogP contribution in [0.25, 0.3) is 10.9 Å². The predicted octanol–water partition coefficient (Wildman–Crippen LogP) is 4.91. The van der Waals surface area contributed by atoms with Gasteiger partial charge >= 0.3 is 0 Å². The SMILES string of the molecule is Cc1cccc(NC(c2ccc(N(C)C)cc2)c2ccc3cccnc3c2O)n1. The molecule has 5 nitrogen and oxygen atoms in total. The Morgan fingerprint density at radius 3 is 2.45 bits per heavy atom. The number of nitrogens with zero attached hydrogens (tertiary/aromatic N) is 3. The number of pyridine rings is 2. The molecule has 0 fully saturated rings. The summed E-state index contributed by atoms with van der Waals surface area (Å²) >= 11 is 0. The maximum Gasteiger partial charge on any atom is 0.147 e. The van der Waals surface area contributed by atoms with E-state index in [2.05, 4.69) is 44.5 Å². The number of benzene rings is 2. The van der Waals surface area contributed by atoms with Gasteiger partial charge in [0.25, 0.3) is 0 Å². The molecule has 5 heteroatoms. The van der Waals surface area contributed by atoms with Crippen molar-refractivity contribution in [3.8, 4) is 5.75 Å². The lowest BCUT2D eigenvalue weighted by atomic mass is 9.96. The first kappa shape index (κ1) is 18.7. The molecule has 2 heterocycles. The minimum absolute atomic E-state index is 0.185. The summed E-state index contributed by atoms with van der Waals surface area (Å²) in [5, 5.41) is 15.4. The number of anilines is 2. The normalized spacial score (nSPS) is 12.0.